The number of aliphatic imine (C=N–C) groups is 1. The van der Waals surface area contributed by atoms with E-state index in [0.717, 1.165) is 17.2 Å². The molecule has 0 radical (unpaired) electrons. The molecule has 5 heteroatoms. The predicted molar refractivity (Wildman–Crippen MR) is 92.1 cm³/mol. The van der Waals surface area contributed by atoms with E-state index >= 15 is 0 Å². The lowest BCUT2D eigenvalue weighted by Gasteiger charge is -2.24. The third-order valence-electron chi connectivity index (χ3n) is 4.18. The average molecular weight is 312 g/mol. The molecule has 122 valence electrons. The second kappa shape index (κ2) is 7.81. The third kappa shape index (κ3) is 4.34. The Morgan fingerprint density at radius 1 is 1.22 bits per heavy atom. The van der Waals surface area contributed by atoms with E-state index in [-0.39, 0.29) is 0 Å². The molecule has 0 spiro atoms. The molecule has 2 N–H and O–H groups in total. The molecular formula is C18H24N4O. The number of rotatable bonds is 4. The largest absolute Gasteiger partial charge is 0.444 e. The molecule has 2 aromatic rings. The van der Waals surface area contributed by atoms with Crippen molar-refractivity contribution in [2.24, 2.45) is 4.99 Å². The van der Waals surface area contributed by atoms with Crippen LogP contribution in [0, 0.1) is 0 Å². The van der Waals surface area contributed by atoms with Crippen molar-refractivity contribution in [3.05, 3.63) is 42.3 Å². The van der Waals surface area contributed by atoms with Crippen molar-refractivity contribution in [3.63, 3.8) is 0 Å². The molecule has 1 aromatic carbocycles. The molecule has 0 aliphatic heterocycles. The summed E-state index contributed by atoms with van der Waals surface area (Å²) in [6.45, 7) is 0.600. The Kier molecular flexibility index (Phi) is 5.29. The standard InChI is InChI=1S/C18H24N4O/c1-19-18(22-15-10-6-3-7-11-15)20-12-16-13-23-17(21-16)14-8-4-2-5-9-14/h2,4-5,8-9,13,15H,3,6-7,10-12H2,1H3,(H2,19,20,22). The number of guanidine groups is 1. The summed E-state index contributed by atoms with van der Waals surface area (Å²) in [6, 6.07) is 10.5. The molecule has 1 aliphatic rings. The van der Waals surface area contributed by atoms with E-state index in [0.29, 0.717) is 18.5 Å². The van der Waals surface area contributed by atoms with Gasteiger partial charge in [-0.1, -0.05) is 37.5 Å². The minimum absolute atomic E-state index is 0.534. The van der Waals surface area contributed by atoms with Crippen molar-refractivity contribution in [1.82, 2.24) is 15.6 Å². The van der Waals surface area contributed by atoms with Crippen LogP contribution in [0.15, 0.2) is 46.0 Å². The van der Waals surface area contributed by atoms with Crippen LogP contribution in [-0.2, 0) is 6.54 Å². The lowest BCUT2D eigenvalue weighted by molar-refractivity contribution is 0.410. The van der Waals surface area contributed by atoms with Crippen molar-refractivity contribution in [1.29, 1.82) is 0 Å². The van der Waals surface area contributed by atoms with Gasteiger partial charge < -0.3 is 15.1 Å². The van der Waals surface area contributed by atoms with Gasteiger partial charge in [0.05, 0.1) is 12.2 Å². The van der Waals surface area contributed by atoms with Gasteiger partial charge in [0.15, 0.2) is 5.96 Å². The zero-order valence-corrected chi connectivity index (χ0v) is 13.6. The molecule has 1 saturated carbocycles. The summed E-state index contributed by atoms with van der Waals surface area (Å²) in [5.74, 6) is 1.48. The van der Waals surface area contributed by atoms with Crippen molar-refractivity contribution in [2.75, 3.05) is 7.05 Å². The smallest absolute Gasteiger partial charge is 0.226 e. The van der Waals surface area contributed by atoms with Gasteiger partial charge in [-0.3, -0.25) is 4.99 Å². The van der Waals surface area contributed by atoms with E-state index in [2.05, 4.69) is 20.6 Å². The summed E-state index contributed by atoms with van der Waals surface area (Å²) >= 11 is 0. The molecule has 1 fully saturated rings. The molecular weight excluding hydrogens is 288 g/mol. The first-order valence-corrected chi connectivity index (χ1v) is 8.32. The van der Waals surface area contributed by atoms with Crippen molar-refractivity contribution in [3.8, 4) is 11.5 Å². The van der Waals surface area contributed by atoms with Crippen LogP contribution in [-0.4, -0.2) is 24.0 Å². The van der Waals surface area contributed by atoms with Crippen LogP contribution in [0.25, 0.3) is 11.5 Å². The number of nitrogens with one attached hydrogen (secondary N) is 2. The second-order valence-electron chi connectivity index (χ2n) is 5.92. The summed E-state index contributed by atoms with van der Waals surface area (Å²) in [6.07, 6.45) is 8.11. The average Bonchev–Trinajstić information content (AvgIpc) is 3.09. The number of oxazole rings is 1. The zero-order valence-electron chi connectivity index (χ0n) is 13.6. The monoisotopic (exact) mass is 312 g/mol. The molecule has 0 unspecified atom stereocenters. The van der Waals surface area contributed by atoms with Crippen molar-refractivity contribution in [2.45, 2.75) is 44.7 Å². The first-order valence-electron chi connectivity index (χ1n) is 8.32. The molecule has 1 heterocycles. The number of aromatic nitrogens is 1. The number of nitrogens with zero attached hydrogens (tertiary/aromatic N) is 2. The van der Waals surface area contributed by atoms with Gasteiger partial charge in [-0.05, 0) is 25.0 Å². The van der Waals surface area contributed by atoms with Gasteiger partial charge in [0.2, 0.25) is 5.89 Å². The minimum atomic E-state index is 0.534. The third-order valence-corrected chi connectivity index (χ3v) is 4.18. The van der Waals surface area contributed by atoms with E-state index in [1.165, 1.54) is 32.1 Å². The first kappa shape index (κ1) is 15.6. The van der Waals surface area contributed by atoms with Crippen LogP contribution in [0.5, 0.6) is 0 Å². The van der Waals surface area contributed by atoms with E-state index in [1.54, 1.807) is 13.3 Å². The van der Waals surface area contributed by atoms with Crippen LogP contribution >= 0.6 is 0 Å². The van der Waals surface area contributed by atoms with Gasteiger partial charge in [0.1, 0.15) is 6.26 Å². The molecule has 0 saturated heterocycles. The normalized spacial score (nSPS) is 16.3. The van der Waals surface area contributed by atoms with Gasteiger partial charge in [0, 0.05) is 18.7 Å². The Morgan fingerprint density at radius 2 is 2.00 bits per heavy atom. The maximum Gasteiger partial charge on any atom is 0.226 e. The fourth-order valence-electron chi connectivity index (χ4n) is 2.91. The van der Waals surface area contributed by atoms with Crippen LogP contribution in [0.4, 0.5) is 0 Å². The van der Waals surface area contributed by atoms with Crippen LogP contribution < -0.4 is 10.6 Å². The van der Waals surface area contributed by atoms with Gasteiger partial charge in [-0.2, -0.15) is 0 Å². The van der Waals surface area contributed by atoms with E-state index in [9.17, 15) is 0 Å². The number of benzene rings is 1. The molecule has 1 aromatic heterocycles. The molecule has 3 rings (SSSR count). The summed E-state index contributed by atoms with van der Waals surface area (Å²) in [5, 5.41) is 6.81. The Bertz CT molecular complexity index is 629. The molecule has 0 amide bonds. The fraction of sp³-hybridized carbons (Fsp3) is 0.444. The Balaban J connectivity index is 1.54. The highest BCUT2D eigenvalue weighted by molar-refractivity contribution is 5.79. The molecule has 5 nitrogen and oxygen atoms in total. The van der Waals surface area contributed by atoms with E-state index in [1.807, 2.05) is 30.3 Å². The molecule has 0 atom stereocenters. The van der Waals surface area contributed by atoms with Gasteiger partial charge in [0.25, 0.3) is 0 Å². The topological polar surface area (TPSA) is 62.5 Å². The molecule has 1 aliphatic carbocycles. The van der Waals surface area contributed by atoms with Gasteiger partial charge >= 0.3 is 0 Å². The molecule has 0 bridgehead atoms. The number of hydrogen-bond donors (Lipinski definition) is 2. The van der Waals surface area contributed by atoms with E-state index in [4.69, 9.17) is 4.42 Å². The second-order valence-corrected chi connectivity index (χ2v) is 5.92. The highest BCUT2D eigenvalue weighted by Crippen LogP contribution is 2.18. The van der Waals surface area contributed by atoms with E-state index < -0.39 is 0 Å². The Morgan fingerprint density at radius 3 is 2.74 bits per heavy atom. The predicted octanol–water partition coefficient (Wildman–Crippen LogP) is 3.34. The van der Waals surface area contributed by atoms with Crippen molar-refractivity contribution < 1.29 is 4.42 Å². The fourth-order valence-corrected chi connectivity index (χ4v) is 2.91. The zero-order chi connectivity index (χ0) is 15.9. The minimum Gasteiger partial charge on any atom is -0.444 e. The highest BCUT2D eigenvalue weighted by Gasteiger charge is 2.14. The SMILES string of the molecule is CN=C(NCc1coc(-c2ccccc2)n1)NC1CCCCC1. The lowest BCUT2D eigenvalue weighted by Crippen LogP contribution is -2.43. The quantitative estimate of drug-likeness (QED) is 0.671. The maximum atomic E-state index is 5.56. The van der Waals surface area contributed by atoms with Crippen molar-refractivity contribution >= 4 is 5.96 Å². The van der Waals surface area contributed by atoms with Gasteiger partial charge in [-0.15, -0.1) is 0 Å². The summed E-state index contributed by atoms with van der Waals surface area (Å²) in [5.41, 5.74) is 1.86. The lowest BCUT2D eigenvalue weighted by atomic mass is 9.96. The summed E-state index contributed by atoms with van der Waals surface area (Å²) in [4.78, 5) is 8.82. The Hall–Kier alpha value is -2.30. The first-order chi connectivity index (χ1) is 11.3. The van der Waals surface area contributed by atoms with Crippen LogP contribution in [0.1, 0.15) is 37.8 Å². The molecule has 23 heavy (non-hydrogen) atoms. The van der Waals surface area contributed by atoms with Gasteiger partial charge in [-0.25, -0.2) is 4.98 Å². The highest BCUT2D eigenvalue weighted by atomic mass is 16.3. The summed E-state index contributed by atoms with van der Waals surface area (Å²) in [7, 11) is 1.80. The maximum absolute atomic E-state index is 5.56. The van der Waals surface area contributed by atoms with Crippen LogP contribution in [0.2, 0.25) is 0 Å². The summed E-state index contributed by atoms with van der Waals surface area (Å²) < 4.78 is 5.56. The Labute approximate surface area is 137 Å². The van der Waals surface area contributed by atoms with Crippen LogP contribution in [0.3, 0.4) is 0 Å². The number of hydrogen-bond acceptors (Lipinski definition) is 3.